The predicted molar refractivity (Wildman–Crippen MR) is 125 cm³/mol. The fraction of sp³-hybridized carbons (Fsp3) is 0.480. The lowest BCUT2D eigenvalue weighted by molar-refractivity contribution is 0.301. The number of aliphatic imine (C=N–C) groups is 1. The van der Waals surface area contributed by atoms with Crippen molar-refractivity contribution in [3.63, 3.8) is 0 Å². The van der Waals surface area contributed by atoms with Gasteiger partial charge in [0.1, 0.15) is 12.4 Å². The van der Waals surface area contributed by atoms with E-state index in [2.05, 4.69) is 53.6 Å². The Kier molecular flexibility index (Phi) is 8.14. The van der Waals surface area contributed by atoms with Crippen molar-refractivity contribution in [2.24, 2.45) is 10.9 Å². The topological polar surface area (TPSA) is 33.6 Å². The second-order valence-electron chi connectivity index (χ2n) is 8.17. The first-order chi connectivity index (χ1) is 13.8. The molecule has 0 spiro atoms. The zero-order valence-electron chi connectivity index (χ0n) is 17.5. The summed E-state index contributed by atoms with van der Waals surface area (Å²) < 4.78 is 5.91. The number of hydrogen-bond donors (Lipinski definition) is 1. The zero-order chi connectivity index (χ0) is 19.2. The lowest BCUT2D eigenvalue weighted by Gasteiger charge is -2.21. The van der Waals surface area contributed by atoms with Crippen molar-refractivity contribution in [1.29, 1.82) is 0 Å². The molecule has 0 bridgehead atoms. The monoisotopic (exact) mass is 412 g/mol. The Morgan fingerprint density at radius 2 is 1.79 bits per heavy atom. The van der Waals surface area contributed by atoms with E-state index in [1.54, 1.807) is 0 Å². The standard InChI is InChI=1S/C25H32N2O.ClH/c1-19-23(11-12-25-24(19)14-16-27-25)21-7-9-22(10-8-21)28-18-17-26-15-13-20-5-3-2-4-6-20;/h7-12,16,20,26H,2-6,13-15,17-18H2,1H3;1H. The molecule has 1 N–H and O–H groups in total. The second kappa shape index (κ2) is 10.8. The quantitative estimate of drug-likeness (QED) is 0.517. The van der Waals surface area contributed by atoms with E-state index in [1.807, 2.05) is 6.21 Å². The summed E-state index contributed by atoms with van der Waals surface area (Å²) in [5.74, 6) is 1.89. The Morgan fingerprint density at radius 1 is 1.00 bits per heavy atom. The van der Waals surface area contributed by atoms with Gasteiger partial charge in [0.25, 0.3) is 0 Å². The molecule has 29 heavy (non-hydrogen) atoms. The third-order valence-electron chi connectivity index (χ3n) is 6.27. The molecule has 0 saturated heterocycles. The van der Waals surface area contributed by atoms with Gasteiger partial charge in [-0.05, 0) is 66.3 Å². The van der Waals surface area contributed by atoms with Crippen molar-refractivity contribution < 1.29 is 4.74 Å². The maximum atomic E-state index is 5.91. The summed E-state index contributed by atoms with van der Waals surface area (Å²) in [5.41, 5.74) is 6.35. The minimum absolute atomic E-state index is 0. The fourth-order valence-electron chi connectivity index (χ4n) is 4.55. The van der Waals surface area contributed by atoms with Gasteiger partial charge in [0, 0.05) is 19.2 Å². The number of nitrogens with zero attached hydrogens (tertiary/aromatic N) is 1. The summed E-state index contributed by atoms with van der Waals surface area (Å²) in [6.07, 6.45) is 11.4. The van der Waals surface area contributed by atoms with E-state index in [1.165, 1.54) is 60.8 Å². The van der Waals surface area contributed by atoms with Gasteiger partial charge in [0.2, 0.25) is 0 Å². The Balaban J connectivity index is 0.00000240. The van der Waals surface area contributed by atoms with Gasteiger partial charge >= 0.3 is 0 Å². The van der Waals surface area contributed by atoms with E-state index in [0.717, 1.165) is 43.5 Å². The predicted octanol–water partition coefficient (Wildman–Crippen LogP) is 6.28. The van der Waals surface area contributed by atoms with Gasteiger partial charge in [-0.3, -0.25) is 4.99 Å². The summed E-state index contributed by atoms with van der Waals surface area (Å²) >= 11 is 0. The number of hydrogen-bond acceptors (Lipinski definition) is 3. The minimum Gasteiger partial charge on any atom is -0.492 e. The molecule has 1 aliphatic carbocycles. The molecule has 0 radical (unpaired) electrons. The van der Waals surface area contributed by atoms with Crippen molar-refractivity contribution in [2.75, 3.05) is 19.7 Å². The third-order valence-corrected chi connectivity index (χ3v) is 6.27. The lowest BCUT2D eigenvalue weighted by Crippen LogP contribution is -2.24. The SMILES string of the molecule is Cc1c(-c2ccc(OCCNCCC3CCCCC3)cc2)ccc2c1CC=N2.Cl. The van der Waals surface area contributed by atoms with Crippen LogP contribution in [0.15, 0.2) is 41.4 Å². The fourth-order valence-corrected chi connectivity index (χ4v) is 4.55. The van der Waals surface area contributed by atoms with Crippen molar-refractivity contribution in [1.82, 2.24) is 5.32 Å². The van der Waals surface area contributed by atoms with Crippen LogP contribution in [0.5, 0.6) is 5.75 Å². The smallest absolute Gasteiger partial charge is 0.119 e. The molecule has 156 valence electrons. The van der Waals surface area contributed by atoms with E-state index < -0.39 is 0 Å². The average Bonchev–Trinajstić information content (AvgIpc) is 3.22. The number of ether oxygens (including phenoxy) is 1. The van der Waals surface area contributed by atoms with Gasteiger partial charge in [-0.1, -0.05) is 50.3 Å². The molecule has 2 aromatic carbocycles. The van der Waals surface area contributed by atoms with Crippen molar-refractivity contribution in [2.45, 2.75) is 51.9 Å². The van der Waals surface area contributed by atoms with Crippen LogP contribution in [0, 0.1) is 12.8 Å². The normalized spacial score (nSPS) is 15.8. The average molecular weight is 413 g/mol. The van der Waals surface area contributed by atoms with Crippen LogP contribution in [0.2, 0.25) is 0 Å². The van der Waals surface area contributed by atoms with Crippen molar-refractivity contribution >= 4 is 24.3 Å². The molecule has 3 nitrogen and oxygen atoms in total. The Bertz CT molecular complexity index is 810. The van der Waals surface area contributed by atoms with E-state index in [0.29, 0.717) is 0 Å². The Labute approximate surface area is 181 Å². The van der Waals surface area contributed by atoms with E-state index in [-0.39, 0.29) is 12.4 Å². The van der Waals surface area contributed by atoms with Crippen molar-refractivity contribution in [3.8, 4) is 16.9 Å². The molecule has 1 heterocycles. The number of rotatable bonds is 8. The lowest BCUT2D eigenvalue weighted by atomic mass is 9.87. The first-order valence-corrected chi connectivity index (χ1v) is 10.9. The van der Waals surface area contributed by atoms with Gasteiger partial charge in [0.15, 0.2) is 0 Å². The molecule has 2 aliphatic rings. The molecule has 4 rings (SSSR count). The molecule has 0 amide bonds. The van der Waals surface area contributed by atoms with Crippen LogP contribution in [0.25, 0.3) is 11.1 Å². The van der Waals surface area contributed by atoms with Crippen LogP contribution in [-0.4, -0.2) is 25.9 Å². The molecule has 1 aliphatic heterocycles. The largest absolute Gasteiger partial charge is 0.492 e. The molecule has 4 heteroatoms. The number of halogens is 1. The Morgan fingerprint density at radius 3 is 2.59 bits per heavy atom. The van der Waals surface area contributed by atoms with E-state index >= 15 is 0 Å². The molecule has 2 aromatic rings. The summed E-state index contributed by atoms with van der Waals surface area (Å²) in [7, 11) is 0. The highest BCUT2D eigenvalue weighted by atomic mass is 35.5. The zero-order valence-corrected chi connectivity index (χ0v) is 18.3. The summed E-state index contributed by atoms with van der Waals surface area (Å²) in [6.45, 7) is 4.96. The molecule has 0 unspecified atom stereocenters. The maximum Gasteiger partial charge on any atom is 0.119 e. The third kappa shape index (κ3) is 5.61. The highest BCUT2D eigenvalue weighted by Gasteiger charge is 2.14. The van der Waals surface area contributed by atoms with Gasteiger partial charge in [0.05, 0.1) is 5.69 Å². The summed E-state index contributed by atoms with van der Waals surface area (Å²) in [5, 5.41) is 3.53. The van der Waals surface area contributed by atoms with E-state index in [4.69, 9.17) is 4.74 Å². The van der Waals surface area contributed by atoms with Gasteiger partial charge in [-0.15, -0.1) is 12.4 Å². The minimum atomic E-state index is 0. The number of nitrogens with one attached hydrogen (secondary N) is 1. The first-order valence-electron chi connectivity index (χ1n) is 10.9. The maximum absolute atomic E-state index is 5.91. The molecule has 1 saturated carbocycles. The van der Waals surface area contributed by atoms with Gasteiger partial charge < -0.3 is 10.1 Å². The van der Waals surface area contributed by atoms with Crippen LogP contribution < -0.4 is 10.1 Å². The van der Waals surface area contributed by atoms with Gasteiger partial charge in [-0.2, -0.15) is 0 Å². The first kappa shape index (κ1) is 21.9. The number of fused-ring (bicyclic) bond motifs is 1. The van der Waals surface area contributed by atoms with Crippen LogP contribution in [0.1, 0.15) is 49.7 Å². The molecule has 1 fully saturated rings. The summed E-state index contributed by atoms with van der Waals surface area (Å²) in [4.78, 5) is 4.44. The van der Waals surface area contributed by atoms with Crippen LogP contribution in [0.4, 0.5) is 5.69 Å². The second-order valence-corrected chi connectivity index (χ2v) is 8.17. The van der Waals surface area contributed by atoms with E-state index in [9.17, 15) is 0 Å². The molecular weight excluding hydrogens is 380 g/mol. The Hall–Kier alpha value is -1.84. The van der Waals surface area contributed by atoms with Crippen LogP contribution in [0.3, 0.4) is 0 Å². The molecular formula is C25H33ClN2O. The highest BCUT2D eigenvalue weighted by molar-refractivity contribution is 5.85. The van der Waals surface area contributed by atoms with Crippen molar-refractivity contribution in [3.05, 3.63) is 47.5 Å². The molecule has 0 aromatic heterocycles. The van der Waals surface area contributed by atoms with Crippen LogP contribution in [-0.2, 0) is 6.42 Å². The summed E-state index contributed by atoms with van der Waals surface area (Å²) in [6, 6.07) is 12.8. The van der Waals surface area contributed by atoms with Gasteiger partial charge in [-0.25, -0.2) is 0 Å². The molecule has 0 atom stereocenters. The number of benzene rings is 2. The van der Waals surface area contributed by atoms with Crippen LogP contribution >= 0.6 is 12.4 Å². The highest BCUT2D eigenvalue weighted by Crippen LogP contribution is 2.34.